The van der Waals surface area contributed by atoms with E-state index in [0.717, 1.165) is 12.0 Å². The lowest BCUT2D eigenvalue weighted by Gasteiger charge is -2.11. The summed E-state index contributed by atoms with van der Waals surface area (Å²) >= 11 is 0. The maximum Gasteiger partial charge on any atom is 0.206 e. The van der Waals surface area contributed by atoms with E-state index >= 15 is 0 Å². The first-order valence-electron chi connectivity index (χ1n) is 7.81. The molecule has 0 aromatic heterocycles. The average molecular weight is 316 g/mol. The zero-order chi connectivity index (χ0) is 16.3. The van der Waals surface area contributed by atoms with Gasteiger partial charge in [-0.15, -0.1) is 0 Å². The highest BCUT2D eigenvalue weighted by Crippen LogP contribution is 2.25. The standard InChI is InChI=1S/C19H24O2S/c1-5-15(4)17-8-12-19(13-9-17)22(20,21)18-10-6-16(7-11-18)14(2)3/h6-15H,5H2,1-4H3. The van der Waals surface area contributed by atoms with Crippen LogP contribution in [0.1, 0.15) is 57.1 Å². The molecule has 2 aromatic rings. The Morgan fingerprint density at radius 2 is 1.18 bits per heavy atom. The van der Waals surface area contributed by atoms with Crippen molar-refractivity contribution in [3.8, 4) is 0 Å². The number of hydrogen-bond acceptors (Lipinski definition) is 2. The predicted molar refractivity (Wildman–Crippen MR) is 91.1 cm³/mol. The summed E-state index contributed by atoms with van der Waals surface area (Å²) in [5.41, 5.74) is 2.32. The molecule has 0 aliphatic carbocycles. The molecule has 1 unspecified atom stereocenters. The molecule has 0 fully saturated rings. The first kappa shape index (κ1) is 16.8. The molecule has 0 radical (unpaired) electrons. The first-order valence-corrected chi connectivity index (χ1v) is 9.29. The fraction of sp³-hybridized carbons (Fsp3) is 0.368. The Labute approximate surface area is 134 Å². The van der Waals surface area contributed by atoms with Gasteiger partial charge in [-0.1, -0.05) is 52.0 Å². The Morgan fingerprint density at radius 3 is 1.55 bits per heavy atom. The van der Waals surface area contributed by atoms with E-state index in [2.05, 4.69) is 27.7 Å². The van der Waals surface area contributed by atoms with Gasteiger partial charge in [0.25, 0.3) is 0 Å². The lowest BCUT2D eigenvalue weighted by molar-refractivity contribution is 0.596. The Bertz CT molecular complexity index is 711. The SMILES string of the molecule is CCC(C)c1ccc(S(=O)(=O)c2ccc(C(C)C)cc2)cc1. The molecule has 0 spiro atoms. The maximum absolute atomic E-state index is 12.7. The van der Waals surface area contributed by atoms with Crippen molar-refractivity contribution in [3.63, 3.8) is 0 Å². The van der Waals surface area contributed by atoms with Gasteiger partial charge in [0.1, 0.15) is 0 Å². The van der Waals surface area contributed by atoms with Gasteiger partial charge in [-0.05, 0) is 53.6 Å². The van der Waals surface area contributed by atoms with Crippen molar-refractivity contribution in [2.75, 3.05) is 0 Å². The van der Waals surface area contributed by atoms with Gasteiger partial charge >= 0.3 is 0 Å². The summed E-state index contributed by atoms with van der Waals surface area (Å²) in [7, 11) is -3.43. The minimum atomic E-state index is -3.43. The highest BCUT2D eigenvalue weighted by molar-refractivity contribution is 7.91. The largest absolute Gasteiger partial charge is 0.219 e. The highest BCUT2D eigenvalue weighted by atomic mass is 32.2. The van der Waals surface area contributed by atoms with Crippen LogP contribution in [0.4, 0.5) is 0 Å². The van der Waals surface area contributed by atoms with Crippen molar-refractivity contribution in [1.82, 2.24) is 0 Å². The van der Waals surface area contributed by atoms with Gasteiger partial charge in [0.2, 0.25) is 9.84 Å². The second-order valence-electron chi connectivity index (χ2n) is 6.11. The molecule has 0 N–H and O–H groups in total. The summed E-state index contributed by atoms with van der Waals surface area (Å²) in [5.74, 6) is 0.841. The number of hydrogen-bond donors (Lipinski definition) is 0. The lowest BCUT2D eigenvalue weighted by atomic mass is 9.99. The van der Waals surface area contributed by atoms with Gasteiger partial charge in [-0.25, -0.2) is 8.42 Å². The summed E-state index contributed by atoms with van der Waals surface area (Å²) in [4.78, 5) is 0.713. The van der Waals surface area contributed by atoms with E-state index < -0.39 is 9.84 Å². The van der Waals surface area contributed by atoms with Crippen LogP contribution in [0.25, 0.3) is 0 Å². The van der Waals surface area contributed by atoms with Gasteiger partial charge in [-0.2, -0.15) is 0 Å². The molecule has 2 aromatic carbocycles. The van der Waals surface area contributed by atoms with E-state index in [9.17, 15) is 8.42 Å². The van der Waals surface area contributed by atoms with Crippen molar-refractivity contribution in [2.24, 2.45) is 0 Å². The van der Waals surface area contributed by atoms with Crippen LogP contribution in [0.2, 0.25) is 0 Å². The molecular weight excluding hydrogens is 292 g/mol. The number of rotatable bonds is 5. The zero-order valence-electron chi connectivity index (χ0n) is 13.7. The lowest BCUT2D eigenvalue weighted by Crippen LogP contribution is -2.03. The normalized spacial score (nSPS) is 13.3. The van der Waals surface area contributed by atoms with Crippen LogP contribution < -0.4 is 0 Å². The van der Waals surface area contributed by atoms with Gasteiger partial charge < -0.3 is 0 Å². The van der Waals surface area contributed by atoms with Crippen molar-refractivity contribution in [2.45, 2.75) is 55.7 Å². The summed E-state index contributed by atoms with van der Waals surface area (Å²) in [5, 5.41) is 0. The molecule has 1 atom stereocenters. The van der Waals surface area contributed by atoms with Crippen LogP contribution >= 0.6 is 0 Å². The van der Waals surface area contributed by atoms with E-state index in [1.165, 1.54) is 5.56 Å². The van der Waals surface area contributed by atoms with Crippen molar-refractivity contribution in [3.05, 3.63) is 59.7 Å². The van der Waals surface area contributed by atoms with Crippen LogP contribution in [-0.4, -0.2) is 8.42 Å². The molecule has 0 saturated heterocycles. The summed E-state index contributed by atoms with van der Waals surface area (Å²) < 4.78 is 25.3. The quantitative estimate of drug-likeness (QED) is 0.764. The Morgan fingerprint density at radius 1 is 0.773 bits per heavy atom. The van der Waals surface area contributed by atoms with Crippen LogP contribution in [0, 0.1) is 0 Å². The first-order chi connectivity index (χ1) is 10.4. The van der Waals surface area contributed by atoms with Gasteiger partial charge in [0.05, 0.1) is 9.79 Å². The molecular formula is C19H24O2S. The Balaban J connectivity index is 2.33. The summed E-state index contributed by atoms with van der Waals surface area (Å²) in [6.07, 6.45) is 1.04. The average Bonchev–Trinajstić information content (AvgIpc) is 2.54. The van der Waals surface area contributed by atoms with Crippen molar-refractivity contribution < 1.29 is 8.42 Å². The van der Waals surface area contributed by atoms with Crippen LogP contribution in [0.3, 0.4) is 0 Å². The molecule has 2 rings (SSSR count). The molecule has 0 bridgehead atoms. The minimum Gasteiger partial charge on any atom is -0.219 e. The van der Waals surface area contributed by atoms with Crippen molar-refractivity contribution in [1.29, 1.82) is 0 Å². The van der Waals surface area contributed by atoms with Crippen LogP contribution in [0.15, 0.2) is 58.3 Å². The zero-order valence-corrected chi connectivity index (χ0v) is 14.5. The topological polar surface area (TPSA) is 34.1 Å². The molecule has 0 saturated carbocycles. The van der Waals surface area contributed by atoms with Crippen LogP contribution in [0.5, 0.6) is 0 Å². The summed E-state index contributed by atoms with van der Waals surface area (Å²) in [6.45, 7) is 8.47. The Hall–Kier alpha value is -1.61. The molecule has 0 amide bonds. The molecule has 2 nitrogen and oxygen atoms in total. The van der Waals surface area contributed by atoms with Gasteiger partial charge in [0.15, 0.2) is 0 Å². The second kappa shape index (κ2) is 6.66. The van der Waals surface area contributed by atoms with Crippen LogP contribution in [-0.2, 0) is 9.84 Å². The van der Waals surface area contributed by atoms with Gasteiger partial charge in [-0.3, -0.25) is 0 Å². The molecule has 0 aliphatic rings. The second-order valence-corrected chi connectivity index (χ2v) is 8.06. The fourth-order valence-electron chi connectivity index (χ4n) is 2.38. The third-order valence-electron chi connectivity index (χ3n) is 4.23. The smallest absolute Gasteiger partial charge is 0.206 e. The predicted octanol–water partition coefficient (Wildman–Crippen LogP) is 5.16. The van der Waals surface area contributed by atoms with E-state index in [-0.39, 0.29) is 0 Å². The molecule has 0 aliphatic heterocycles. The fourth-order valence-corrected chi connectivity index (χ4v) is 3.64. The summed E-state index contributed by atoms with van der Waals surface area (Å²) in [6, 6.07) is 14.5. The minimum absolute atomic E-state index is 0.355. The van der Waals surface area contributed by atoms with E-state index in [1.807, 2.05) is 24.3 Å². The molecule has 118 valence electrons. The third-order valence-corrected chi connectivity index (χ3v) is 6.01. The van der Waals surface area contributed by atoms with E-state index in [1.54, 1.807) is 24.3 Å². The van der Waals surface area contributed by atoms with Crippen molar-refractivity contribution >= 4 is 9.84 Å². The van der Waals surface area contributed by atoms with E-state index in [0.29, 0.717) is 21.6 Å². The molecule has 3 heteroatoms. The number of sulfone groups is 1. The highest BCUT2D eigenvalue weighted by Gasteiger charge is 2.18. The molecule has 22 heavy (non-hydrogen) atoms. The molecule has 0 heterocycles. The number of benzene rings is 2. The van der Waals surface area contributed by atoms with Gasteiger partial charge in [0, 0.05) is 0 Å². The monoisotopic (exact) mass is 316 g/mol. The van der Waals surface area contributed by atoms with E-state index in [4.69, 9.17) is 0 Å². The third kappa shape index (κ3) is 3.41. The Kier molecular flexibility index (Phi) is 5.07. The maximum atomic E-state index is 12.7.